The molecule has 0 aromatic rings. The number of ether oxygens (including phenoxy) is 2. The van der Waals surface area contributed by atoms with Gasteiger partial charge in [-0.1, -0.05) is 13.8 Å². The van der Waals surface area contributed by atoms with Gasteiger partial charge in [-0.25, -0.2) is 0 Å². The molecule has 1 unspecified atom stereocenters. The molecule has 0 aliphatic heterocycles. The highest BCUT2D eigenvalue weighted by atomic mass is 16.5. The van der Waals surface area contributed by atoms with Gasteiger partial charge in [-0.2, -0.15) is 0 Å². The smallest absolute Gasteiger partial charge is 0.0704 e. The molecule has 0 amide bonds. The van der Waals surface area contributed by atoms with Gasteiger partial charge in [0.25, 0.3) is 0 Å². The molecule has 0 rings (SSSR count). The minimum atomic E-state index is 0.329. The zero-order chi connectivity index (χ0) is 9.94. The Morgan fingerprint density at radius 3 is 2.46 bits per heavy atom. The molecule has 1 atom stereocenters. The van der Waals surface area contributed by atoms with E-state index >= 15 is 0 Å². The molecule has 13 heavy (non-hydrogen) atoms. The second-order valence-corrected chi connectivity index (χ2v) is 3.07. The first-order chi connectivity index (χ1) is 6.35. The number of hydrogen-bond donors (Lipinski definition) is 1. The average molecular weight is 189 g/mol. The van der Waals surface area contributed by atoms with Gasteiger partial charge in [-0.15, -0.1) is 0 Å². The van der Waals surface area contributed by atoms with Gasteiger partial charge < -0.3 is 14.8 Å². The van der Waals surface area contributed by atoms with Crippen LogP contribution in [0.15, 0.2) is 0 Å². The molecule has 1 N–H and O–H groups in total. The molecule has 0 radical (unpaired) electrons. The van der Waals surface area contributed by atoms with Crippen molar-refractivity contribution in [2.24, 2.45) is 0 Å². The van der Waals surface area contributed by atoms with Crippen LogP contribution in [0.4, 0.5) is 0 Å². The van der Waals surface area contributed by atoms with Crippen molar-refractivity contribution in [2.45, 2.75) is 32.8 Å². The Morgan fingerprint density at radius 1 is 1.15 bits per heavy atom. The largest absolute Gasteiger partial charge is 0.379 e. The minimum Gasteiger partial charge on any atom is -0.379 e. The van der Waals surface area contributed by atoms with Crippen molar-refractivity contribution < 1.29 is 9.47 Å². The molecule has 0 aliphatic rings. The van der Waals surface area contributed by atoms with Gasteiger partial charge in [-0.05, 0) is 19.9 Å². The summed E-state index contributed by atoms with van der Waals surface area (Å²) >= 11 is 0. The summed E-state index contributed by atoms with van der Waals surface area (Å²) in [5, 5.41) is 3.10. The van der Waals surface area contributed by atoms with E-state index in [4.69, 9.17) is 9.47 Å². The SMILES string of the molecule is CCCOCCOC(CC)CNC. The highest BCUT2D eigenvalue weighted by Gasteiger charge is 2.03. The first-order valence-electron chi connectivity index (χ1n) is 5.19. The molecule has 0 saturated carbocycles. The number of nitrogens with one attached hydrogen (secondary N) is 1. The Hall–Kier alpha value is -0.120. The van der Waals surface area contributed by atoms with Gasteiger partial charge in [0.15, 0.2) is 0 Å². The van der Waals surface area contributed by atoms with Crippen LogP contribution in [0.5, 0.6) is 0 Å². The third-order valence-electron chi connectivity index (χ3n) is 1.82. The molecular weight excluding hydrogens is 166 g/mol. The zero-order valence-corrected chi connectivity index (χ0v) is 9.14. The lowest BCUT2D eigenvalue weighted by molar-refractivity contribution is 0.00468. The molecule has 0 spiro atoms. The molecule has 0 aliphatic carbocycles. The molecule has 0 saturated heterocycles. The fraction of sp³-hybridized carbons (Fsp3) is 1.00. The van der Waals surface area contributed by atoms with Crippen molar-refractivity contribution in [2.75, 3.05) is 33.4 Å². The lowest BCUT2D eigenvalue weighted by atomic mass is 10.3. The first kappa shape index (κ1) is 12.9. The lowest BCUT2D eigenvalue weighted by Gasteiger charge is -2.15. The van der Waals surface area contributed by atoms with Crippen LogP contribution < -0.4 is 5.32 Å². The van der Waals surface area contributed by atoms with Crippen molar-refractivity contribution in [1.82, 2.24) is 5.32 Å². The van der Waals surface area contributed by atoms with E-state index in [0.717, 1.165) is 26.0 Å². The Morgan fingerprint density at radius 2 is 1.92 bits per heavy atom. The van der Waals surface area contributed by atoms with Crippen molar-refractivity contribution >= 4 is 0 Å². The molecule has 0 bridgehead atoms. The van der Waals surface area contributed by atoms with Gasteiger partial charge in [0.05, 0.1) is 19.3 Å². The first-order valence-corrected chi connectivity index (χ1v) is 5.19. The predicted molar refractivity (Wildman–Crippen MR) is 55.1 cm³/mol. The number of likely N-dealkylation sites (N-methyl/N-ethyl adjacent to an activating group) is 1. The molecule has 0 aromatic carbocycles. The van der Waals surface area contributed by atoms with E-state index in [2.05, 4.69) is 19.2 Å². The van der Waals surface area contributed by atoms with E-state index in [1.165, 1.54) is 0 Å². The van der Waals surface area contributed by atoms with Gasteiger partial charge in [0.1, 0.15) is 0 Å². The highest BCUT2D eigenvalue weighted by molar-refractivity contribution is 4.56. The molecule has 3 heteroatoms. The summed E-state index contributed by atoms with van der Waals surface area (Å²) in [6.45, 7) is 7.43. The summed E-state index contributed by atoms with van der Waals surface area (Å²) in [4.78, 5) is 0. The molecular formula is C10H23NO2. The third kappa shape index (κ3) is 8.22. The van der Waals surface area contributed by atoms with Crippen LogP contribution in [0.2, 0.25) is 0 Å². The van der Waals surface area contributed by atoms with E-state index in [9.17, 15) is 0 Å². The quantitative estimate of drug-likeness (QED) is 0.557. The van der Waals surface area contributed by atoms with Gasteiger partial charge in [-0.3, -0.25) is 0 Å². The zero-order valence-electron chi connectivity index (χ0n) is 9.14. The van der Waals surface area contributed by atoms with Crippen molar-refractivity contribution in [1.29, 1.82) is 0 Å². The Labute approximate surface area is 81.8 Å². The second-order valence-electron chi connectivity index (χ2n) is 3.07. The van der Waals surface area contributed by atoms with Crippen LogP contribution in [0, 0.1) is 0 Å². The van der Waals surface area contributed by atoms with E-state index in [0.29, 0.717) is 19.3 Å². The van der Waals surface area contributed by atoms with E-state index in [1.807, 2.05) is 7.05 Å². The maximum absolute atomic E-state index is 5.59. The van der Waals surface area contributed by atoms with Crippen LogP contribution in [-0.2, 0) is 9.47 Å². The van der Waals surface area contributed by atoms with Crippen LogP contribution in [0.3, 0.4) is 0 Å². The summed E-state index contributed by atoms with van der Waals surface area (Å²) in [6.07, 6.45) is 2.46. The maximum atomic E-state index is 5.59. The fourth-order valence-corrected chi connectivity index (χ4v) is 1.07. The van der Waals surface area contributed by atoms with Crippen molar-refractivity contribution in [3.63, 3.8) is 0 Å². The summed E-state index contributed by atoms with van der Waals surface area (Å²) in [5.41, 5.74) is 0. The van der Waals surface area contributed by atoms with Crippen molar-refractivity contribution in [3.8, 4) is 0 Å². The average Bonchev–Trinajstić information content (AvgIpc) is 2.16. The maximum Gasteiger partial charge on any atom is 0.0704 e. The summed E-state index contributed by atoms with van der Waals surface area (Å²) in [6, 6.07) is 0. The van der Waals surface area contributed by atoms with Crippen LogP contribution in [0.1, 0.15) is 26.7 Å². The van der Waals surface area contributed by atoms with Crippen LogP contribution >= 0.6 is 0 Å². The Bertz CT molecular complexity index is 98.9. The molecule has 0 heterocycles. The van der Waals surface area contributed by atoms with Crippen molar-refractivity contribution in [3.05, 3.63) is 0 Å². The van der Waals surface area contributed by atoms with E-state index < -0.39 is 0 Å². The fourth-order valence-electron chi connectivity index (χ4n) is 1.07. The standard InChI is InChI=1S/C10H23NO2/c1-4-6-12-7-8-13-10(5-2)9-11-3/h10-11H,4-9H2,1-3H3. The third-order valence-corrected chi connectivity index (χ3v) is 1.82. The van der Waals surface area contributed by atoms with Gasteiger partial charge in [0, 0.05) is 13.2 Å². The van der Waals surface area contributed by atoms with Crippen LogP contribution in [-0.4, -0.2) is 39.5 Å². The van der Waals surface area contributed by atoms with Crippen LogP contribution in [0.25, 0.3) is 0 Å². The molecule has 80 valence electrons. The normalized spacial score (nSPS) is 13.2. The number of rotatable bonds is 9. The Kier molecular flexibility index (Phi) is 9.87. The topological polar surface area (TPSA) is 30.5 Å². The monoisotopic (exact) mass is 189 g/mol. The predicted octanol–water partition coefficient (Wildman–Crippen LogP) is 1.43. The van der Waals surface area contributed by atoms with E-state index in [1.54, 1.807) is 0 Å². The molecule has 0 aromatic heterocycles. The van der Waals surface area contributed by atoms with Gasteiger partial charge >= 0.3 is 0 Å². The summed E-state index contributed by atoms with van der Waals surface area (Å²) in [5.74, 6) is 0. The molecule has 3 nitrogen and oxygen atoms in total. The minimum absolute atomic E-state index is 0.329. The summed E-state index contributed by atoms with van der Waals surface area (Å²) < 4.78 is 10.9. The van der Waals surface area contributed by atoms with E-state index in [-0.39, 0.29) is 0 Å². The summed E-state index contributed by atoms with van der Waals surface area (Å²) in [7, 11) is 1.94. The molecule has 0 fully saturated rings. The lowest BCUT2D eigenvalue weighted by Crippen LogP contribution is -2.27. The van der Waals surface area contributed by atoms with Gasteiger partial charge in [0.2, 0.25) is 0 Å². The Balaban J connectivity index is 3.17. The number of hydrogen-bond acceptors (Lipinski definition) is 3. The highest BCUT2D eigenvalue weighted by Crippen LogP contribution is 1.95. The second kappa shape index (κ2) is 9.96.